The Morgan fingerprint density at radius 2 is 1.33 bits per heavy atom. The third-order valence-electron chi connectivity index (χ3n) is 5.36. The van der Waals surface area contributed by atoms with E-state index in [1.54, 1.807) is 0 Å². The number of carbonyl (C=O) groups excluding carboxylic acids is 3. The number of hydrogen-bond acceptors (Lipinski definition) is 5. The Kier molecular flexibility index (Phi) is 23.5. The summed E-state index contributed by atoms with van der Waals surface area (Å²) in [6, 6.07) is -1.07. The Bertz CT molecular complexity index is 884. The lowest BCUT2D eigenvalue weighted by Gasteiger charge is -2.13. The van der Waals surface area contributed by atoms with Gasteiger partial charge in [-0.3, -0.25) is 9.59 Å². The van der Waals surface area contributed by atoms with Crippen molar-refractivity contribution in [3.8, 4) is 0 Å². The van der Waals surface area contributed by atoms with Crippen molar-refractivity contribution in [1.29, 1.82) is 0 Å². The van der Waals surface area contributed by atoms with Crippen molar-refractivity contribution in [3.63, 3.8) is 0 Å². The predicted octanol–water partition coefficient (Wildman–Crippen LogP) is 5.49. The maximum absolute atomic E-state index is 11.9. The van der Waals surface area contributed by atoms with E-state index in [0.717, 1.165) is 57.1 Å². The minimum Gasteiger partial charge on any atom is -0.480 e. The lowest BCUT2D eigenvalue weighted by molar-refractivity contribution is -0.141. The van der Waals surface area contributed by atoms with Gasteiger partial charge in [0.15, 0.2) is 0 Å². The first kappa shape index (κ1) is 35.3. The van der Waals surface area contributed by atoms with Gasteiger partial charge in [-0.1, -0.05) is 67.7 Å². The highest BCUT2D eigenvalue weighted by Crippen LogP contribution is 2.03. The summed E-state index contributed by atoms with van der Waals surface area (Å²) in [5.74, 6) is -2.58. The molecule has 39 heavy (non-hydrogen) atoms. The van der Waals surface area contributed by atoms with Crippen LogP contribution in [0, 0.1) is 0 Å². The number of carboxylic acids is 1. The van der Waals surface area contributed by atoms with Gasteiger partial charge in [0.2, 0.25) is 11.8 Å². The summed E-state index contributed by atoms with van der Waals surface area (Å²) in [7, 11) is 1.18. The van der Waals surface area contributed by atoms with Gasteiger partial charge < -0.3 is 20.5 Å². The normalized spacial score (nSPS) is 12.9. The fourth-order valence-electron chi connectivity index (χ4n) is 3.23. The molecule has 0 fully saturated rings. The highest BCUT2D eigenvalue weighted by Gasteiger charge is 2.18. The van der Waals surface area contributed by atoms with Crippen LogP contribution in [0.5, 0.6) is 0 Å². The van der Waals surface area contributed by atoms with Gasteiger partial charge in [0.1, 0.15) is 6.04 Å². The number of methoxy groups -OCH3 is 1. The summed E-state index contributed by atoms with van der Waals surface area (Å²) >= 11 is 0. The number of ether oxygens (including phenoxy) is 1. The molecule has 0 spiro atoms. The molecule has 0 aromatic heterocycles. The second-order valence-electron chi connectivity index (χ2n) is 8.70. The Balaban J connectivity index is 3.83. The molecular formula is C31H46N2O6. The zero-order valence-corrected chi connectivity index (χ0v) is 23.5. The average Bonchev–Trinajstić information content (AvgIpc) is 2.92. The number of nitrogens with one attached hydrogen (secondary N) is 2. The quantitative estimate of drug-likeness (QED) is 0.0719. The number of aliphatic carboxylic acids is 1. The molecule has 8 nitrogen and oxygen atoms in total. The van der Waals surface area contributed by atoms with Gasteiger partial charge in [-0.05, 0) is 64.2 Å². The molecule has 0 aromatic rings. The Hall–Kier alpha value is -3.68. The van der Waals surface area contributed by atoms with E-state index in [0.29, 0.717) is 25.8 Å². The molecule has 8 heteroatoms. The maximum Gasteiger partial charge on any atom is 0.330 e. The lowest BCUT2D eigenvalue weighted by atomic mass is 10.1. The molecule has 0 rings (SSSR count). The Morgan fingerprint density at radius 3 is 1.87 bits per heavy atom. The Labute approximate surface area is 233 Å². The molecule has 0 aromatic carbocycles. The van der Waals surface area contributed by atoms with Gasteiger partial charge in [-0.25, -0.2) is 9.59 Å². The van der Waals surface area contributed by atoms with E-state index >= 15 is 0 Å². The summed E-state index contributed by atoms with van der Waals surface area (Å²) in [6.07, 6.45) is 31.6. The van der Waals surface area contributed by atoms with Crippen molar-refractivity contribution < 1.29 is 29.0 Å². The van der Waals surface area contributed by atoms with Gasteiger partial charge >= 0.3 is 11.9 Å². The first-order valence-corrected chi connectivity index (χ1v) is 13.7. The topological polar surface area (TPSA) is 122 Å². The number of amides is 2. The largest absolute Gasteiger partial charge is 0.480 e. The van der Waals surface area contributed by atoms with Crippen molar-refractivity contribution in [2.75, 3.05) is 13.7 Å². The second-order valence-corrected chi connectivity index (χ2v) is 8.70. The number of carbonyl (C=O) groups is 4. The van der Waals surface area contributed by atoms with Crippen LogP contribution in [0.4, 0.5) is 0 Å². The number of hydrogen-bond donors (Lipinski definition) is 3. The van der Waals surface area contributed by atoms with Crippen molar-refractivity contribution in [2.24, 2.45) is 0 Å². The molecule has 0 aliphatic carbocycles. The molecule has 0 aliphatic rings. The molecule has 0 saturated heterocycles. The monoisotopic (exact) mass is 542 g/mol. The molecule has 0 aliphatic heterocycles. The van der Waals surface area contributed by atoms with E-state index < -0.39 is 23.9 Å². The summed E-state index contributed by atoms with van der Waals surface area (Å²) < 4.78 is 4.38. The maximum atomic E-state index is 11.9. The predicted molar refractivity (Wildman–Crippen MR) is 156 cm³/mol. The first-order valence-electron chi connectivity index (χ1n) is 13.7. The average molecular weight is 543 g/mol. The van der Waals surface area contributed by atoms with Crippen molar-refractivity contribution in [1.82, 2.24) is 10.6 Å². The zero-order valence-electron chi connectivity index (χ0n) is 23.5. The van der Waals surface area contributed by atoms with Crippen molar-refractivity contribution in [3.05, 3.63) is 72.9 Å². The van der Waals surface area contributed by atoms with Crippen LogP contribution in [0.1, 0.15) is 77.6 Å². The van der Waals surface area contributed by atoms with E-state index in [4.69, 9.17) is 0 Å². The van der Waals surface area contributed by atoms with Gasteiger partial charge in [-0.15, -0.1) is 0 Å². The van der Waals surface area contributed by atoms with Crippen LogP contribution in [0.25, 0.3) is 0 Å². The second kappa shape index (κ2) is 25.9. The zero-order chi connectivity index (χ0) is 29.0. The molecule has 0 radical (unpaired) electrons. The van der Waals surface area contributed by atoms with Gasteiger partial charge in [-0.2, -0.15) is 0 Å². The minimum absolute atomic E-state index is 0.0293. The summed E-state index contributed by atoms with van der Waals surface area (Å²) in [5, 5.41) is 14.4. The van der Waals surface area contributed by atoms with E-state index in [9.17, 15) is 24.3 Å². The highest BCUT2D eigenvalue weighted by atomic mass is 16.5. The van der Waals surface area contributed by atoms with Crippen molar-refractivity contribution >= 4 is 23.8 Å². The van der Waals surface area contributed by atoms with Crippen LogP contribution in [-0.4, -0.2) is 48.6 Å². The van der Waals surface area contributed by atoms with Crippen LogP contribution in [-0.2, 0) is 23.9 Å². The fraction of sp³-hybridized carbons (Fsp3) is 0.484. The highest BCUT2D eigenvalue weighted by molar-refractivity contribution is 5.96. The summed E-state index contributed by atoms with van der Waals surface area (Å²) in [6.45, 7) is 2.58. The standard InChI is InChI=1S/C31H46N2O6/c1-3-4-5-6-7-8-9-10-11-12-13-14-15-16-17-18-19-23-28(34)32-26-21-20-22-27(31(37)38)33-29(35)24-25-30(36)39-2/h4-5,7-8,10-11,13-14,16-17,24-25,27H,3,6,9,12,15,18-23,26H2,1-2H3,(H,32,34)(H,33,35)(H,37,38)/b5-4-,8-7-,11-10-,14-13-,17-16-,25-24+/t27-/m0/s1. The van der Waals surface area contributed by atoms with Crippen LogP contribution < -0.4 is 10.6 Å². The van der Waals surface area contributed by atoms with Crippen LogP contribution in [0.2, 0.25) is 0 Å². The van der Waals surface area contributed by atoms with Gasteiger partial charge in [0.05, 0.1) is 7.11 Å². The lowest BCUT2D eigenvalue weighted by Crippen LogP contribution is -2.40. The van der Waals surface area contributed by atoms with Gasteiger partial charge in [0, 0.05) is 25.1 Å². The third kappa shape index (κ3) is 24.4. The molecule has 0 heterocycles. The van der Waals surface area contributed by atoms with Crippen LogP contribution in [0.3, 0.4) is 0 Å². The van der Waals surface area contributed by atoms with E-state index in [1.165, 1.54) is 7.11 Å². The molecule has 0 bridgehead atoms. The molecule has 0 saturated carbocycles. The van der Waals surface area contributed by atoms with E-state index in [1.807, 2.05) is 0 Å². The fourth-order valence-corrected chi connectivity index (χ4v) is 3.23. The smallest absolute Gasteiger partial charge is 0.330 e. The molecule has 0 unspecified atom stereocenters. The van der Waals surface area contributed by atoms with E-state index in [-0.39, 0.29) is 12.3 Å². The molecule has 2 amide bonds. The number of carboxylic acid groups (broad SMARTS) is 1. The number of unbranched alkanes of at least 4 members (excludes halogenated alkanes) is 2. The number of rotatable bonds is 22. The first-order chi connectivity index (χ1) is 18.9. The summed E-state index contributed by atoms with van der Waals surface area (Å²) in [5.41, 5.74) is 0. The van der Waals surface area contributed by atoms with Gasteiger partial charge in [0.25, 0.3) is 0 Å². The molecule has 216 valence electrons. The van der Waals surface area contributed by atoms with Crippen LogP contribution >= 0.6 is 0 Å². The van der Waals surface area contributed by atoms with Crippen LogP contribution in [0.15, 0.2) is 72.9 Å². The SMILES string of the molecule is CC/C=C\C/C=C\C/C=C\C/C=C\C/C=C\CCCC(=O)NCCCC[C@H](NC(=O)/C=C/C(=O)OC)C(=O)O. The molecular weight excluding hydrogens is 496 g/mol. The van der Waals surface area contributed by atoms with Crippen molar-refractivity contribution in [2.45, 2.75) is 83.6 Å². The number of esters is 1. The molecule has 3 N–H and O–H groups in total. The third-order valence-corrected chi connectivity index (χ3v) is 5.36. The Morgan fingerprint density at radius 1 is 0.769 bits per heavy atom. The van der Waals surface area contributed by atoms with E-state index in [2.05, 4.69) is 83.1 Å². The number of allylic oxidation sites excluding steroid dienone is 10. The summed E-state index contributed by atoms with van der Waals surface area (Å²) in [4.78, 5) is 46.0. The minimum atomic E-state index is -1.16. The molecule has 1 atom stereocenters.